The standard InChI is InChI=1S/C22H34N4O2/c1-17-8-4-6-12-25(17)22(28)16-24-11-7-9-18(15-24)19-14-21(27)26-13-5-2-3-10-20(26)23-19/h14,17-18H,2-13,15-16H2,1H3/t17-,18+/m1/s1. The number of nitrogens with zero attached hydrogens (tertiary/aromatic N) is 4. The Labute approximate surface area is 167 Å². The monoisotopic (exact) mass is 386 g/mol. The molecule has 154 valence electrons. The van der Waals surface area contributed by atoms with Crippen molar-refractivity contribution in [3.63, 3.8) is 0 Å². The fraction of sp³-hybridized carbons (Fsp3) is 0.773. The summed E-state index contributed by atoms with van der Waals surface area (Å²) in [6.07, 6.45) is 9.87. The maximum absolute atomic E-state index is 12.8. The molecule has 0 N–H and O–H groups in total. The van der Waals surface area contributed by atoms with Crippen molar-refractivity contribution in [2.45, 2.75) is 83.2 Å². The van der Waals surface area contributed by atoms with Crippen LogP contribution in [0.15, 0.2) is 10.9 Å². The number of hydrogen-bond donors (Lipinski definition) is 0. The normalized spacial score (nSPS) is 26.5. The Balaban J connectivity index is 1.44. The van der Waals surface area contributed by atoms with Crippen molar-refractivity contribution in [3.05, 3.63) is 27.9 Å². The van der Waals surface area contributed by atoms with Crippen LogP contribution < -0.4 is 5.56 Å². The van der Waals surface area contributed by atoms with E-state index in [2.05, 4.69) is 16.7 Å². The van der Waals surface area contributed by atoms with Crippen molar-refractivity contribution in [1.82, 2.24) is 19.4 Å². The summed E-state index contributed by atoms with van der Waals surface area (Å²) in [4.78, 5) is 34.7. The average molecular weight is 387 g/mol. The molecule has 0 unspecified atom stereocenters. The van der Waals surface area contributed by atoms with E-state index in [1.54, 1.807) is 6.07 Å². The van der Waals surface area contributed by atoms with Crippen LogP contribution in [0.2, 0.25) is 0 Å². The number of carbonyl (C=O) groups is 1. The average Bonchev–Trinajstić information content (AvgIpc) is 2.94. The first-order valence-electron chi connectivity index (χ1n) is 11.2. The van der Waals surface area contributed by atoms with Crippen molar-refractivity contribution in [3.8, 4) is 0 Å². The molecule has 4 rings (SSSR count). The van der Waals surface area contributed by atoms with E-state index in [-0.39, 0.29) is 17.4 Å². The van der Waals surface area contributed by atoms with Gasteiger partial charge in [-0.15, -0.1) is 0 Å². The number of rotatable bonds is 3. The van der Waals surface area contributed by atoms with Crippen LogP contribution >= 0.6 is 0 Å². The fourth-order valence-electron chi connectivity index (χ4n) is 5.13. The minimum absolute atomic E-state index is 0.109. The van der Waals surface area contributed by atoms with Gasteiger partial charge in [0.25, 0.3) is 5.56 Å². The third-order valence-electron chi connectivity index (χ3n) is 6.80. The molecule has 4 heterocycles. The maximum Gasteiger partial charge on any atom is 0.253 e. The Hall–Kier alpha value is -1.69. The SMILES string of the molecule is C[C@@H]1CCCCN1C(=O)CN1CCC[C@H](c2cc(=O)n3c(n2)CCCCC3)C1. The molecule has 0 aliphatic carbocycles. The lowest BCUT2D eigenvalue weighted by Gasteiger charge is -2.37. The lowest BCUT2D eigenvalue weighted by molar-refractivity contribution is -0.136. The topological polar surface area (TPSA) is 58.4 Å². The highest BCUT2D eigenvalue weighted by Gasteiger charge is 2.28. The molecule has 2 saturated heterocycles. The van der Waals surface area contributed by atoms with E-state index in [1.165, 1.54) is 12.8 Å². The van der Waals surface area contributed by atoms with Crippen LogP contribution in [0, 0.1) is 0 Å². The second kappa shape index (κ2) is 8.76. The van der Waals surface area contributed by atoms with Crippen molar-refractivity contribution in [1.29, 1.82) is 0 Å². The maximum atomic E-state index is 12.8. The van der Waals surface area contributed by atoms with Gasteiger partial charge in [0.2, 0.25) is 5.91 Å². The van der Waals surface area contributed by atoms with Crippen LogP contribution in [0.3, 0.4) is 0 Å². The Morgan fingerprint density at radius 2 is 1.93 bits per heavy atom. The van der Waals surface area contributed by atoms with Gasteiger partial charge in [-0.05, 0) is 58.4 Å². The fourth-order valence-corrected chi connectivity index (χ4v) is 5.13. The van der Waals surface area contributed by atoms with Gasteiger partial charge in [-0.3, -0.25) is 19.1 Å². The predicted octanol–water partition coefficient (Wildman–Crippen LogP) is 2.55. The summed E-state index contributed by atoms with van der Waals surface area (Å²) < 4.78 is 1.87. The highest BCUT2D eigenvalue weighted by atomic mass is 16.2. The summed E-state index contributed by atoms with van der Waals surface area (Å²) >= 11 is 0. The van der Waals surface area contributed by atoms with Gasteiger partial charge in [-0.1, -0.05) is 6.42 Å². The van der Waals surface area contributed by atoms with E-state index < -0.39 is 0 Å². The molecular formula is C22H34N4O2. The number of likely N-dealkylation sites (tertiary alicyclic amines) is 2. The van der Waals surface area contributed by atoms with Crippen LogP contribution in [-0.2, 0) is 17.8 Å². The highest BCUT2D eigenvalue weighted by molar-refractivity contribution is 5.78. The molecule has 6 nitrogen and oxygen atoms in total. The lowest BCUT2D eigenvalue weighted by atomic mass is 9.94. The summed E-state index contributed by atoms with van der Waals surface area (Å²) in [6.45, 7) is 6.19. The molecule has 0 radical (unpaired) electrons. The molecule has 3 aliphatic heterocycles. The van der Waals surface area contributed by atoms with E-state index >= 15 is 0 Å². The largest absolute Gasteiger partial charge is 0.339 e. The number of fused-ring (bicyclic) bond motifs is 1. The second-order valence-electron chi connectivity index (χ2n) is 8.90. The van der Waals surface area contributed by atoms with Crippen molar-refractivity contribution >= 4 is 5.91 Å². The first-order chi connectivity index (χ1) is 13.6. The van der Waals surface area contributed by atoms with Crippen LogP contribution in [0.5, 0.6) is 0 Å². The van der Waals surface area contributed by atoms with Crippen molar-refractivity contribution in [2.24, 2.45) is 0 Å². The lowest BCUT2D eigenvalue weighted by Crippen LogP contribution is -2.48. The number of piperidine rings is 2. The third kappa shape index (κ3) is 4.32. The van der Waals surface area contributed by atoms with Gasteiger partial charge in [0, 0.05) is 44.1 Å². The number of hydrogen-bond acceptors (Lipinski definition) is 4. The molecular weight excluding hydrogens is 352 g/mol. The molecule has 2 atom stereocenters. The zero-order chi connectivity index (χ0) is 19.5. The molecule has 0 spiro atoms. The number of aryl methyl sites for hydroxylation is 1. The zero-order valence-corrected chi connectivity index (χ0v) is 17.2. The van der Waals surface area contributed by atoms with Crippen molar-refractivity contribution < 1.29 is 4.79 Å². The van der Waals surface area contributed by atoms with Gasteiger partial charge < -0.3 is 4.90 Å². The molecule has 1 aromatic rings. The minimum Gasteiger partial charge on any atom is -0.339 e. The molecule has 0 saturated carbocycles. The molecule has 0 aromatic carbocycles. The third-order valence-corrected chi connectivity index (χ3v) is 6.80. The van der Waals surface area contributed by atoms with Crippen LogP contribution in [-0.4, -0.2) is 57.5 Å². The van der Waals surface area contributed by atoms with Crippen LogP contribution in [0.25, 0.3) is 0 Å². The summed E-state index contributed by atoms with van der Waals surface area (Å²) in [5, 5.41) is 0. The minimum atomic E-state index is 0.109. The summed E-state index contributed by atoms with van der Waals surface area (Å²) in [5.41, 5.74) is 1.05. The molecule has 3 aliphatic rings. The van der Waals surface area contributed by atoms with Gasteiger partial charge in [0.1, 0.15) is 5.82 Å². The number of aromatic nitrogens is 2. The zero-order valence-electron chi connectivity index (χ0n) is 17.2. The van der Waals surface area contributed by atoms with E-state index in [1.807, 2.05) is 4.57 Å². The van der Waals surface area contributed by atoms with Gasteiger partial charge in [0.05, 0.1) is 12.2 Å². The van der Waals surface area contributed by atoms with Gasteiger partial charge in [-0.25, -0.2) is 4.98 Å². The van der Waals surface area contributed by atoms with Crippen molar-refractivity contribution in [2.75, 3.05) is 26.2 Å². The quantitative estimate of drug-likeness (QED) is 0.801. The summed E-state index contributed by atoms with van der Waals surface area (Å²) in [7, 11) is 0. The molecule has 28 heavy (non-hydrogen) atoms. The van der Waals surface area contributed by atoms with Crippen LogP contribution in [0.1, 0.15) is 75.7 Å². The van der Waals surface area contributed by atoms with Crippen LogP contribution in [0.4, 0.5) is 0 Å². The second-order valence-corrected chi connectivity index (χ2v) is 8.90. The van der Waals surface area contributed by atoms with E-state index in [0.717, 1.165) is 82.6 Å². The van der Waals surface area contributed by atoms with Gasteiger partial charge in [0.15, 0.2) is 0 Å². The first-order valence-corrected chi connectivity index (χ1v) is 11.2. The Bertz CT molecular complexity index is 759. The van der Waals surface area contributed by atoms with E-state index in [0.29, 0.717) is 12.6 Å². The molecule has 1 aromatic heterocycles. The number of carbonyl (C=O) groups excluding carboxylic acids is 1. The summed E-state index contributed by atoms with van der Waals surface area (Å²) in [5.74, 6) is 1.50. The van der Waals surface area contributed by atoms with E-state index in [9.17, 15) is 9.59 Å². The smallest absolute Gasteiger partial charge is 0.253 e. The molecule has 2 fully saturated rings. The number of amides is 1. The highest BCUT2D eigenvalue weighted by Crippen LogP contribution is 2.26. The molecule has 0 bridgehead atoms. The Morgan fingerprint density at radius 1 is 1.07 bits per heavy atom. The Morgan fingerprint density at radius 3 is 2.79 bits per heavy atom. The van der Waals surface area contributed by atoms with Gasteiger partial charge >= 0.3 is 0 Å². The van der Waals surface area contributed by atoms with Gasteiger partial charge in [-0.2, -0.15) is 0 Å². The molecule has 1 amide bonds. The van der Waals surface area contributed by atoms with E-state index in [4.69, 9.17) is 4.98 Å². The summed E-state index contributed by atoms with van der Waals surface area (Å²) in [6, 6.07) is 2.13. The Kier molecular flexibility index (Phi) is 6.14. The molecule has 6 heteroatoms. The predicted molar refractivity (Wildman–Crippen MR) is 109 cm³/mol. The first kappa shape index (κ1) is 19.6.